The molecule has 0 saturated heterocycles. The molecule has 0 aliphatic rings. The molecule has 3 aromatic rings. The number of carbonyl (C=O) groups is 2. The van der Waals surface area contributed by atoms with Gasteiger partial charge in [-0.05, 0) is 55.2 Å². The SMILES string of the molecule is CC(C)c1ccc(NC(=O)N(CC(=O)N(Cc2ccccc2)Cc2ccco2)C(C)C)cc1. The van der Waals surface area contributed by atoms with Crippen LogP contribution in [0.4, 0.5) is 10.5 Å². The Morgan fingerprint density at radius 3 is 2.15 bits per heavy atom. The van der Waals surface area contributed by atoms with Crippen LogP contribution in [0.1, 0.15) is 50.5 Å². The van der Waals surface area contributed by atoms with Crippen LogP contribution in [0.2, 0.25) is 0 Å². The molecular formula is C27H33N3O3. The van der Waals surface area contributed by atoms with E-state index < -0.39 is 0 Å². The van der Waals surface area contributed by atoms with Crippen LogP contribution < -0.4 is 5.32 Å². The lowest BCUT2D eigenvalue weighted by Crippen LogP contribution is -2.47. The molecule has 6 nitrogen and oxygen atoms in total. The first kappa shape index (κ1) is 24.1. The van der Waals surface area contributed by atoms with Gasteiger partial charge in [0, 0.05) is 18.3 Å². The molecule has 0 spiro atoms. The lowest BCUT2D eigenvalue weighted by Gasteiger charge is -2.30. The maximum absolute atomic E-state index is 13.3. The summed E-state index contributed by atoms with van der Waals surface area (Å²) in [5, 5.41) is 2.93. The van der Waals surface area contributed by atoms with Crippen LogP contribution in [0.5, 0.6) is 0 Å². The van der Waals surface area contributed by atoms with Gasteiger partial charge in [0.25, 0.3) is 0 Å². The Kier molecular flexibility index (Phi) is 8.30. The number of amides is 3. The van der Waals surface area contributed by atoms with E-state index in [-0.39, 0.29) is 24.5 Å². The summed E-state index contributed by atoms with van der Waals surface area (Å²) in [4.78, 5) is 29.6. The average molecular weight is 448 g/mol. The van der Waals surface area contributed by atoms with Gasteiger partial charge in [-0.25, -0.2) is 4.79 Å². The topological polar surface area (TPSA) is 65.8 Å². The van der Waals surface area contributed by atoms with Crippen molar-refractivity contribution >= 4 is 17.6 Å². The third kappa shape index (κ3) is 6.97. The van der Waals surface area contributed by atoms with Crippen LogP contribution >= 0.6 is 0 Å². The number of urea groups is 1. The molecule has 3 amide bonds. The zero-order chi connectivity index (χ0) is 23.8. The molecule has 0 bridgehead atoms. The maximum atomic E-state index is 13.3. The molecule has 1 aromatic heterocycles. The number of benzene rings is 2. The van der Waals surface area contributed by atoms with Crippen molar-refractivity contribution in [3.8, 4) is 0 Å². The number of rotatable bonds is 9. The molecule has 33 heavy (non-hydrogen) atoms. The molecule has 0 saturated carbocycles. The maximum Gasteiger partial charge on any atom is 0.322 e. The highest BCUT2D eigenvalue weighted by Crippen LogP contribution is 2.18. The zero-order valence-corrected chi connectivity index (χ0v) is 19.8. The highest BCUT2D eigenvalue weighted by atomic mass is 16.3. The van der Waals surface area contributed by atoms with Crippen molar-refractivity contribution in [1.29, 1.82) is 0 Å². The number of hydrogen-bond donors (Lipinski definition) is 1. The first-order valence-electron chi connectivity index (χ1n) is 11.3. The Bertz CT molecular complexity index is 1010. The van der Waals surface area contributed by atoms with Crippen molar-refractivity contribution in [2.24, 2.45) is 0 Å². The van der Waals surface area contributed by atoms with Gasteiger partial charge < -0.3 is 19.5 Å². The Labute approximate surface area is 196 Å². The second-order valence-electron chi connectivity index (χ2n) is 8.74. The van der Waals surface area contributed by atoms with E-state index in [1.165, 1.54) is 5.56 Å². The van der Waals surface area contributed by atoms with E-state index in [9.17, 15) is 9.59 Å². The summed E-state index contributed by atoms with van der Waals surface area (Å²) < 4.78 is 5.47. The summed E-state index contributed by atoms with van der Waals surface area (Å²) >= 11 is 0. The Morgan fingerprint density at radius 1 is 0.879 bits per heavy atom. The monoisotopic (exact) mass is 447 g/mol. The highest BCUT2D eigenvalue weighted by molar-refractivity contribution is 5.92. The molecule has 0 fully saturated rings. The second kappa shape index (κ2) is 11.4. The zero-order valence-electron chi connectivity index (χ0n) is 19.8. The first-order chi connectivity index (χ1) is 15.8. The van der Waals surface area contributed by atoms with Crippen LogP contribution in [-0.4, -0.2) is 34.3 Å². The standard InChI is InChI=1S/C27H33N3O3/c1-20(2)23-12-14-24(15-13-23)28-27(32)30(21(3)4)19-26(31)29(18-25-11-8-16-33-25)17-22-9-6-5-7-10-22/h5-16,20-21H,17-19H2,1-4H3,(H,28,32). The molecule has 2 aromatic carbocycles. The van der Waals surface area contributed by atoms with Gasteiger partial charge in [-0.1, -0.05) is 56.3 Å². The molecule has 0 aliphatic carbocycles. The van der Waals surface area contributed by atoms with Crippen LogP contribution in [-0.2, 0) is 17.9 Å². The highest BCUT2D eigenvalue weighted by Gasteiger charge is 2.24. The summed E-state index contributed by atoms with van der Waals surface area (Å²) in [5.41, 5.74) is 2.93. The van der Waals surface area contributed by atoms with E-state index in [1.54, 1.807) is 22.1 Å². The van der Waals surface area contributed by atoms with E-state index in [0.29, 0.717) is 30.5 Å². The van der Waals surface area contributed by atoms with Crippen LogP contribution in [0, 0.1) is 0 Å². The molecule has 0 unspecified atom stereocenters. The summed E-state index contributed by atoms with van der Waals surface area (Å²) in [6.45, 7) is 8.81. The second-order valence-corrected chi connectivity index (χ2v) is 8.74. The van der Waals surface area contributed by atoms with E-state index in [4.69, 9.17) is 4.42 Å². The van der Waals surface area contributed by atoms with Gasteiger partial charge in [-0.2, -0.15) is 0 Å². The fourth-order valence-electron chi connectivity index (χ4n) is 3.51. The molecule has 1 heterocycles. The fraction of sp³-hybridized carbons (Fsp3) is 0.333. The quantitative estimate of drug-likeness (QED) is 0.446. The molecule has 1 N–H and O–H groups in total. The van der Waals surface area contributed by atoms with Crippen LogP contribution in [0.15, 0.2) is 77.4 Å². The predicted octanol–water partition coefficient (Wildman–Crippen LogP) is 5.87. The van der Waals surface area contributed by atoms with Gasteiger partial charge >= 0.3 is 6.03 Å². The summed E-state index contributed by atoms with van der Waals surface area (Å²) in [5.74, 6) is 0.976. The van der Waals surface area contributed by atoms with Gasteiger partial charge in [-0.15, -0.1) is 0 Å². The summed E-state index contributed by atoms with van der Waals surface area (Å²) in [7, 11) is 0. The van der Waals surface area contributed by atoms with Crippen LogP contribution in [0.25, 0.3) is 0 Å². The molecule has 0 radical (unpaired) electrons. The lowest BCUT2D eigenvalue weighted by atomic mass is 10.0. The number of anilines is 1. The van der Waals surface area contributed by atoms with Crippen molar-refractivity contribution in [3.05, 3.63) is 89.9 Å². The van der Waals surface area contributed by atoms with E-state index in [0.717, 1.165) is 5.56 Å². The number of carbonyl (C=O) groups excluding carboxylic acids is 2. The normalized spacial score (nSPS) is 11.0. The van der Waals surface area contributed by atoms with E-state index >= 15 is 0 Å². The third-order valence-electron chi connectivity index (χ3n) is 5.51. The van der Waals surface area contributed by atoms with Gasteiger partial charge in [-0.3, -0.25) is 4.79 Å². The molecule has 6 heteroatoms. The van der Waals surface area contributed by atoms with E-state index in [1.807, 2.05) is 74.5 Å². The van der Waals surface area contributed by atoms with E-state index in [2.05, 4.69) is 19.2 Å². The molecule has 0 aliphatic heterocycles. The van der Waals surface area contributed by atoms with Crippen LogP contribution in [0.3, 0.4) is 0 Å². The smallest absolute Gasteiger partial charge is 0.322 e. The van der Waals surface area contributed by atoms with Gasteiger partial charge in [0.2, 0.25) is 5.91 Å². The lowest BCUT2D eigenvalue weighted by molar-refractivity contribution is -0.133. The average Bonchev–Trinajstić information content (AvgIpc) is 3.31. The molecule has 174 valence electrons. The van der Waals surface area contributed by atoms with Crippen molar-refractivity contribution in [2.75, 3.05) is 11.9 Å². The molecule has 0 atom stereocenters. The Balaban J connectivity index is 1.71. The molecule has 3 rings (SSSR count). The number of furan rings is 1. The van der Waals surface area contributed by atoms with Gasteiger partial charge in [0.05, 0.1) is 12.8 Å². The minimum Gasteiger partial charge on any atom is -0.467 e. The van der Waals surface area contributed by atoms with Crippen molar-refractivity contribution in [3.63, 3.8) is 0 Å². The first-order valence-corrected chi connectivity index (χ1v) is 11.3. The third-order valence-corrected chi connectivity index (χ3v) is 5.51. The minimum absolute atomic E-state index is 0.0267. The van der Waals surface area contributed by atoms with Gasteiger partial charge in [0.15, 0.2) is 0 Å². The Hall–Kier alpha value is -3.54. The van der Waals surface area contributed by atoms with Crippen molar-refractivity contribution < 1.29 is 14.0 Å². The fourth-order valence-corrected chi connectivity index (χ4v) is 3.51. The molecular weight excluding hydrogens is 414 g/mol. The predicted molar refractivity (Wildman–Crippen MR) is 131 cm³/mol. The van der Waals surface area contributed by atoms with Crippen molar-refractivity contribution in [1.82, 2.24) is 9.80 Å². The minimum atomic E-state index is -0.298. The number of nitrogens with zero attached hydrogens (tertiary/aromatic N) is 2. The summed E-state index contributed by atoms with van der Waals surface area (Å²) in [6, 6.07) is 20.8. The van der Waals surface area contributed by atoms with Crippen molar-refractivity contribution in [2.45, 2.75) is 52.7 Å². The summed E-state index contributed by atoms with van der Waals surface area (Å²) in [6.07, 6.45) is 1.60. The largest absolute Gasteiger partial charge is 0.467 e. The Morgan fingerprint density at radius 2 is 1.58 bits per heavy atom. The van der Waals surface area contributed by atoms with Gasteiger partial charge in [0.1, 0.15) is 12.3 Å². The number of nitrogens with one attached hydrogen (secondary N) is 1. The number of hydrogen-bond acceptors (Lipinski definition) is 3.